The molecule has 0 spiro atoms. The summed E-state index contributed by atoms with van der Waals surface area (Å²) in [7, 11) is 0. The minimum absolute atomic E-state index is 0.0111. The lowest BCUT2D eigenvalue weighted by Gasteiger charge is -2.13. The summed E-state index contributed by atoms with van der Waals surface area (Å²) in [5.41, 5.74) is 1.78. The lowest BCUT2D eigenvalue weighted by atomic mass is 10.1. The van der Waals surface area contributed by atoms with Crippen molar-refractivity contribution in [2.24, 2.45) is 0 Å². The van der Waals surface area contributed by atoms with E-state index < -0.39 is 0 Å². The van der Waals surface area contributed by atoms with Crippen molar-refractivity contribution in [1.82, 2.24) is 4.98 Å². The average molecular weight is 282 g/mol. The maximum atomic E-state index is 6.02. The molecule has 2 aromatic rings. The standard InChI is InChI=1S/C14H13Cl2NO/c1-10(11-5-3-2-4-6-11)18-9-13-12(15)7-8-14(16)17-13/h2-8,10H,9H2,1H3. The molecule has 0 amide bonds. The molecular formula is C14H13Cl2NO. The average Bonchev–Trinajstić information content (AvgIpc) is 2.40. The molecule has 0 radical (unpaired) electrons. The predicted molar refractivity (Wildman–Crippen MR) is 73.9 cm³/mol. The van der Waals surface area contributed by atoms with Crippen LogP contribution in [0.15, 0.2) is 42.5 Å². The first kappa shape index (κ1) is 13.3. The van der Waals surface area contributed by atoms with Crippen molar-refractivity contribution < 1.29 is 4.74 Å². The molecule has 4 heteroatoms. The third-order valence-corrected chi connectivity index (χ3v) is 3.18. The smallest absolute Gasteiger partial charge is 0.129 e. The topological polar surface area (TPSA) is 22.1 Å². The van der Waals surface area contributed by atoms with Gasteiger partial charge in [0, 0.05) is 0 Å². The highest BCUT2D eigenvalue weighted by atomic mass is 35.5. The molecule has 0 aliphatic rings. The van der Waals surface area contributed by atoms with Gasteiger partial charge in [0.15, 0.2) is 0 Å². The summed E-state index contributed by atoms with van der Waals surface area (Å²) in [5, 5.41) is 0.991. The van der Waals surface area contributed by atoms with E-state index >= 15 is 0 Å². The Balaban J connectivity index is 2.01. The maximum absolute atomic E-state index is 6.02. The molecule has 1 heterocycles. The lowest BCUT2D eigenvalue weighted by molar-refractivity contribution is 0.0506. The van der Waals surface area contributed by atoms with Crippen LogP contribution in [-0.2, 0) is 11.3 Å². The molecule has 0 fully saturated rings. The molecule has 2 rings (SSSR count). The van der Waals surface area contributed by atoms with Crippen LogP contribution in [0.4, 0.5) is 0 Å². The van der Waals surface area contributed by atoms with Crippen molar-refractivity contribution in [3.05, 3.63) is 63.9 Å². The van der Waals surface area contributed by atoms with Crippen molar-refractivity contribution in [3.8, 4) is 0 Å². The highest BCUT2D eigenvalue weighted by molar-refractivity contribution is 6.32. The molecule has 0 aliphatic carbocycles. The van der Waals surface area contributed by atoms with Crippen molar-refractivity contribution in [2.75, 3.05) is 0 Å². The number of rotatable bonds is 4. The molecule has 1 atom stereocenters. The Morgan fingerprint density at radius 2 is 1.83 bits per heavy atom. The van der Waals surface area contributed by atoms with Gasteiger partial charge >= 0.3 is 0 Å². The van der Waals surface area contributed by atoms with Gasteiger partial charge in [-0.3, -0.25) is 0 Å². The Labute approximate surface area is 117 Å². The Morgan fingerprint density at radius 3 is 2.56 bits per heavy atom. The molecule has 94 valence electrons. The van der Waals surface area contributed by atoms with Crippen LogP contribution in [0.5, 0.6) is 0 Å². The van der Waals surface area contributed by atoms with E-state index in [2.05, 4.69) is 4.98 Å². The summed E-state index contributed by atoms with van der Waals surface area (Å²) < 4.78 is 5.74. The van der Waals surface area contributed by atoms with Crippen LogP contribution in [0.1, 0.15) is 24.3 Å². The molecule has 1 aromatic heterocycles. The van der Waals surface area contributed by atoms with Gasteiger partial charge in [0.25, 0.3) is 0 Å². The normalized spacial score (nSPS) is 12.4. The van der Waals surface area contributed by atoms with E-state index in [0.29, 0.717) is 22.5 Å². The van der Waals surface area contributed by atoms with Crippen LogP contribution in [-0.4, -0.2) is 4.98 Å². The SMILES string of the molecule is CC(OCc1nc(Cl)ccc1Cl)c1ccccc1. The molecule has 1 aromatic carbocycles. The first-order valence-corrected chi connectivity index (χ1v) is 6.40. The molecule has 18 heavy (non-hydrogen) atoms. The minimum atomic E-state index is -0.0111. The van der Waals surface area contributed by atoms with Crippen molar-refractivity contribution in [1.29, 1.82) is 0 Å². The van der Waals surface area contributed by atoms with Gasteiger partial charge in [-0.1, -0.05) is 53.5 Å². The van der Waals surface area contributed by atoms with Crippen LogP contribution >= 0.6 is 23.2 Å². The summed E-state index contributed by atoms with van der Waals surface area (Å²) in [6.07, 6.45) is -0.0111. The zero-order valence-corrected chi connectivity index (χ0v) is 11.4. The zero-order chi connectivity index (χ0) is 13.0. The number of aromatic nitrogens is 1. The number of nitrogens with zero attached hydrogens (tertiary/aromatic N) is 1. The minimum Gasteiger partial charge on any atom is -0.367 e. The van der Waals surface area contributed by atoms with E-state index in [1.54, 1.807) is 12.1 Å². The molecule has 0 aliphatic heterocycles. The number of halogens is 2. The van der Waals surface area contributed by atoms with E-state index in [0.717, 1.165) is 5.56 Å². The van der Waals surface area contributed by atoms with Crippen molar-refractivity contribution in [2.45, 2.75) is 19.6 Å². The fourth-order valence-corrected chi connectivity index (χ4v) is 1.91. The van der Waals surface area contributed by atoms with Crippen LogP contribution < -0.4 is 0 Å². The molecule has 0 bridgehead atoms. The van der Waals surface area contributed by atoms with Gasteiger partial charge in [-0.05, 0) is 24.6 Å². The van der Waals surface area contributed by atoms with Crippen molar-refractivity contribution >= 4 is 23.2 Å². The van der Waals surface area contributed by atoms with Gasteiger partial charge in [-0.2, -0.15) is 0 Å². The molecule has 1 unspecified atom stereocenters. The van der Waals surface area contributed by atoms with E-state index in [1.165, 1.54) is 0 Å². The number of benzene rings is 1. The molecule has 0 saturated carbocycles. The van der Waals surface area contributed by atoms with E-state index in [-0.39, 0.29) is 6.10 Å². The maximum Gasteiger partial charge on any atom is 0.129 e. The van der Waals surface area contributed by atoms with Gasteiger partial charge in [0.05, 0.1) is 23.4 Å². The van der Waals surface area contributed by atoms with E-state index in [4.69, 9.17) is 27.9 Å². The second-order valence-corrected chi connectivity index (χ2v) is 4.72. The summed E-state index contributed by atoms with van der Waals surface area (Å²) >= 11 is 11.8. The van der Waals surface area contributed by atoms with E-state index in [1.807, 2.05) is 37.3 Å². The number of hydrogen-bond donors (Lipinski definition) is 0. The van der Waals surface area contributed by atoms with Crippen LogP contribution in [0.25, 0.3) is 0 Å². The lowest BCUT2D eigenvalue weighted by Crippen LogP contribution is -2.02. The molecule has 2 nitrogen and oxygen atoms in total. The third kappa shape index (κ3) is 3.45. The van der Waals surface area contributed by atoms with Gasteiger partial charge in [-0.15, -0.1) is 0 Å². The fraction of sp³-hybridized carbons (Fsp3) is 0.214. The Bertz CT molecular complexity index is 516. The summed E-state index contributed by atoms with van der Waals surface area (Å²) in [5.74, 6) is 0. The number of pyridine rings is 1. The van der Waals surface area contributed by atoms with Gasteiger partial charge in [0.2, 0.25) is 0 Å². The number of hydrogen-bond acceptors (Lipinski definition) is 2. The third-order valence-electron chi connectivity index (χ3n) is 2.62. The summed E-state index contributed by atoms with van der Waals surface area (Å²) in [6, 6.07) is 13.4. The quantitative estimate of drug-likeness (QED) is 0.760. The molecule has 0 saturated heterocycles. The van der Waals surface area contributed by atoms with E-state index in [9.17, 15) is 0 Å². The van der Waals surface area contributed by atoms with Gasteiger partial charge in [0.1, 0.15) is 5.15 Å². The predicted octanol–water partition coefficient (Wildman–Crippen LogP) is 4.67. The second-order valence-electron chi connectivity index (χ2n) is 3.93. The first-order valence-electron chi connectivity index (χ1n) is 5.64. The van der Waals surface area contributed by atoms with Crippen LogP contribution in [0, 0.1) is 0 Å². The highest BCUT2D eigenvalue weighted by Gasteiger charge is 2.08. The Morgan fingerprint density at radius 1 is 1.11 bits per heavy atom. The van der Waals surface area contributed by atoms with Crippen molar-refractivity contribution in [3.63, 3.8) is 0 Å². The van der Waals surface area contributed by atoms with Gasteiger partial charge < -0.3 is 4.74 Å². The number of ether oxygens (including phenoxy) is 1. The largest absolute Gasteiger partial charge is 0.367 e. The van der Waals surface area contributed by atoms with Crippen LogP contribution in [0.2, 0.25) is 10.2 Å². The molecular weight excluding hydrogens is 269 g/mol. The van der Waals surface area contributed by atoms with Gasteiger partial charge in [-0.25, -0.2) is 4.98 Å². The fourth-order valence-electron chi connectivity index (χ4n) is 1.58. The monoisotopic (exact) mass is 281 g/mol. The molecule has 0 N–H and O–H groups in total. The second kappa shape index (κ2) is 6.19. The Kier molecular flexibility index (Phi) is 4.59. The Hall–Kier alpha value is -1.09. The van der Waals surface area contributed by atoms with Crippen LogP contribution in [0.3, 0.4) is 0 Å². The summed E-state index contributed by atoms with van der Waals surface area (Å²) in [4.78, 5) is 4.15. The highest BCUT2D eigenvalue weighted by Crippen LogP contribution is 2.22. The zero-order valence-electron chi connectivity index (χ0n) is 9.94. The first-order chi connectivity index (χ1) is 8.66. The summed E-state index contributed by atoms with van der Waals surface area (Å²) in [6.45, 7) is 2.34.